The van der Waals surface area contributed by atoms with Gasteiger partial charge in [0.25, 0.3) is 5.91 Å². The van der Waals surface area contributed by atoms with Crippen molar-refractivity contribution in [2.75, 3.05) is 20.6 Å². The first-order chi connectivity index (χ1) is 10.6. The van der Waals surface area contributed by atoms with Crippen LogP contribution in [0.15, 0.2) is 24.7 Å². The zero-order valence-electron chi connectivity index (χ0n) is 12.9. The van der Waals surface area contributed by atoms with Crippen molar-refractivity contribution in [2.24, 2.45) is 0 Å². The van der Waals surface area contributed by atoms with Crippen LogP contribution in [0.2, 0.25) is 0 Å². The molecule has 1 fully saturated rings. The Labute approximate surface area is 129 Å². The summed E-state index contributed by atoms with van der Waals surface area (Å²) in [7, 11) is 4.00. The minimum Gasteiger partial charge on any atom is -0.329 e. The number of H-pyrrole nitrogens is 1. The summed E-state index contributed by atoms with van der Waals surface area (Å²) in [5, 5.41) is 6.59. The van der Waals surface area contributed by atoms with Crippen LogP contribution < -0.4 is 0 Å². The molecule has 116 valence electrons. The highest BCUT2D eigenvalue weighted by atomic mass is 16.2. The third-order valence-corrected chi connectivity index (χ3v) is 3.77. The largest absolute Gasteiger partial charge is 0.329 e. The van der Waals surface area contributed by atoms with Crippen LogP contribution in [-0.4, -0.2) is 56.5 Å². The average Bonchev–Trinajstić information content (AvgIpc) is 3.18. The van der Waals surface area contributed by atoms with E-state index in [0.717, 1.165) is 37.3 Å². The van der Waals surface area contributed by atoms with E-state index in [4.69, 9.17) is 0 Å². The lowest BCUT2D eigenvalue weighted by atomic mass is 10.1. The molecule has 1 atom stereocenters. The fraction of sp³-hybridized carbons (Fsp3) is 0.467. The standard InChI is InChI=1S/C15H20N6O/c1-20(2)10-11-8-16-9-13(18-11)14-4-3-7-21(14)15(22)12-5-6-17-19-12/h5-6,8-9,14H,3-4,7,10H2,1-2H3,(H,17,19). The molecule has 3 heterocycles. The molecule has 0 aromatic carbocycles. The van der Waals surface area contributed by atoms with E-state index < -0.39 is 0 Å². The highest BCUT2D eigenvalue weighted by molar-refractivity contribution is 5.92. The number of carbonyl (C=O) groups excluding carboxylic acids is 1. The number of amides is 1. The van der Waals surface area contributed by atoms with Gasteiger partial charge in [0.15, 0.2) is 0 Å². The molecule has 0 saturated carbocycles. The van der Waals surface area contributed by atoms with Crippen LogP contribution in [0.1, 0.15) is 40.8 Å². The highest BCUT2D eigenvalue weighted by Gasteiger charge is 2.32. The first kappa shape index (κ1) is 14.6. The van der Waals surface area contributed by atoms with E-state index in [-0.39, 0.29) is 11.9 Å². The number of likely N-dealkylation sites (tertiary alicyclic amines) is 1. The van der Waals surface area contributed by atoms with Gasteiger partial charge in [0.1, 0.15) is 5.69 Å². The second kappa shape index (κ2) is 6.23. The number of hydrogen-bond donors (Lipinski definition) is 1. The Morgan fingerprint density at radius 1 is 1.45 bits per heavy atom. The Bertz CT molecular complexity index is 639. The number of hydrogen-bond acceptors (Lipinski definition) is 5. The van der Waals surface area contributed by atoms with Crippen molar-refractivity contribution in [3.8, 4) is 0 Å². The molecule has 1 aliphatic heterocycles. The minimum atomic E-state index is -0.0280. The molecule has 1 unspecified atom stereocenters. The Morgan fingerprint density at radius 2 is 2.32 bits per heavy atom. The normalized spacial score (nSPS) is 18.1. The minimum absolute atomic E-state index is 0.00888. The van der Waals surface area contributed by atoms with Crippen LogP contribution >= 0.6 is 0 Å². The summed E-state index contributed by atoms with van der Waals surface area (Å²) in [4.78, 5) is 25.4. The molecule has 1 saturated heterocycles. The summed E-state index contributed by atoms with van der Waals surface area (Å²) in [6, 6.07) is 1.69. The second-order valence-corrected chi connectivity index (χ2v) is 5.80. The Kier molecular flexibility index (Phi) is 4.15. The maximum atomic E-state index is 12.6. The van der Waals surface area contributed by atoms with E-state index in [2.05, 4.69) is 25.1 Å². The van der Waals surface area contributed by atoms with Crippen LogP contribution in [-0.2, 0) is 6.54 Å². The number of carbonyl (C=O) groups is 1. The van der Waals surface area contributed by atoms with Crippen LogP contribution in [0.5, 0.6) is 0 Å². The first-order valence-electron chi connectivity index (χ1n) is 7.41. The third kappa shape index (κ3) is 2.99. The van der Waals surface area contributed by atoms with Gasteiger partial charge in [-0.3, -0.25) is 19.9 Å². The summed E-state index contributed by atoms with van der Waals surface area (Å²) in [5.74, 6) is -0.0280. The predicted molar refractivity (Wildman–Crippen MR) is 81.0 cm³/mol. The number of nitrogens with zero attached hydrogens (tertiary/aromatic N) is 5. The Balaban J connectivity index is 1.82. The van der Waals surface area contributed by atoms with E-state index in [9.17, 15) is 4.79 Å². The van der Waals surface area contributed by atoms with Crippen molar-refractivity contribution in [3.05, 3.63) is 41.7 Å². The van der Waals surface area contributed by atoms with Crippen molar-refractivity contribution in [3.63, 3.8) is 0 Å². The Hall–Kier alpha value is -2.28. The number of nitrogens with one attached hydrogen (secondary N) is 1. The van der Waals surface area contributed by atoms with Crippen molar-refractivity contribution >= 4 is 5.91 Å². The summed E-state index contributed by atoms with van der Waals surface area (Å²) < 4.78 is 0. The molecule has 22 heavy (non-hydrogen) atoms. The topological polar surface area (TPSA) is 78.0 Å². The predicted octanol–water partition coefficient (Wildman–Crippen LogP) is 1.24. The van der Waals surface area contributed by atoms with Crippen molar-refractivity contribution in [1.29, 1.82) is 0 Å². The van der Waals surface area contributed by atoms with E-state index in [1.807, 2.05) is 19.0 Å². The average molecular weight is 300 g/mol. The molecule has 0 radical (unpaired) electrons. The SMILES string of the molecule is CN(C)Cc1cncc(C2CCCN2C(=O)c2ccn[nH]2)n1. The summed E-state index contributed by atoms with van der Waals surface area (Å²) in [6.45, 7) is 1.48. The van der Waals surface area contributed by atoms with Crippen molar-refractivity contribution < 1.29 is 4.79 Å². The molecular formula is C15H20N6O. The molecule has 7 nitrogen and oxygen atoms in total. The molecular weight excluding hydrogens is 280 g/mol. The van der Waals surface area contributed by atoms with E-state index >= 15 is 0 Å². The third-order valence-electron chi connectivity index (χ3n) is 3.77. The molecule has 7 heteroatoms. The maximum absolute atomic E-state index is 12.6. The van der Waals surface area contributed by atoms with E-state index in [1.54, 1.807) is 24.7 Å². The van der Waals surface area contributed by atoms with Gasteiger partial charge in [-0.05, 0) is 33.0 Å². The number of aromatic nitrogens is 4. The lowest BCUT2D eigenvalue weighted by molar-refractivity contribution is 0.0726. The summed E-state index contributed by atoms with van der Waals surface area (Å²) in [6.07, 6.45) is 7.03. The van der Waals surface area contributed by atoms with Gasteiger partial charge in [-0.1, -0.05) is 0 Å². The van der Waals surface area contributed by atoms with Gasteiger partial charge >= 0.3 is 0 Å². The van der Waals surface area contributed by atoms with Crippen molar-refractivity contribution in [2.45, 2.75) is 25.4 Å². The fourth-order valence-electron chi connectivity index (χ4n) is 2.83. The van der Waals surface area contributed by atoms with Gasteiger partial charge in [-0.2, -0.15) is 5.10 Å². The van der Waals surface area contributed by atoms with Crippen LogP contribution in [0.4, 0.5) is 0 Å². The molecule has 0 spiro atoms. The summed E-state index contributed by atoms with van der Waals surface area (Å²) >= 11 is 0. The molecule has 0 bridgehead atoms. The van der Waals surface area contributed by atoms with Crippen LogP contribution in [0.3, 0.4) is 0 Å². The first-order valence-corrected chi connectivity index (χ1v) is 7.41. The number of rotatable bonds is 4. The van der Waals surface area contributed by atoms with Gasteiger partial charge in [-0.15, -0.1) is 0 Å². The molecule has 3 rings (SSSR count). The van der Waals surface area contributed by atoms with Crippen LogP contribution in [0, 0.1) is 0 Å². The highest BCUT2D eigenvalue weighted by Crippen LogP contribution is 2.31. The van der Waals surface area contributed by atoms with Crippen molar-refractivity contribution in [1.82, 2.24) is 30.0 Å². The molecule has 1 amide bonds. The lowest BCUT2D eigenvalue weighted by Gasteiger charge is -2.24. The summed E-state index contributed by atoms with van der Waals surface area (Å²) in [5.41, 5.74) is 2.30. The fourth-order valence-corrected chi connectivity index (χ4v) is 2.83. The Morgan fingerprint density at radius 3 is 3.05 bits per heavy atom. The van der Waals surface area contributed by atoms with E-state index in [0.29, 0.717) is 5.69 Å². The van der Waals surface area contributed by atoms with Gasteiger partial charge < -0.3 is 9.80 Å². The molecule has 2 aromatic heterocycles. The quantitative estimate of drug-likeness (QED) is 0.919. The van der Waals surface area contributed by atoms with Gasteiger partial charge in [0, 0.05) is 25.5 Å². The molecule has 1 N–H and O–H groups in total. The zero-order chi connectivity index (χ0) is 15.5. The monoisotopic (exact) mass is 300 g/mol. The molecule has 0 aliphatic carbocycles. The smallest absolute Gasteiger partial charge is 0.272 e. The van der Waals surface area contributed by atoms with Crippen LogP contribution in [0.25, 0.3) is 0 Å². The lowest BCUT2D eigenvalue weighted by Crippen LogP contribution is -2.31. The van der Waals surface area contributed by atoms with E-state index in [1.165, 1.54) is 0 Å². The van der Waals surface area contributed by atoms with Gasteiger partial charge in [-0.25, -0.2) is 0 Å². The number of aromatic amines is 1. The second-order valence-electron chi connectivity index (χ2n) is 5.80. The van der Waals surface area contributed by atoms with Gasteiger partial charge in [0.05, 0.1) is 23.6 Å². The maximum Gasteiger partial charge on any atom is 0.272 e. The molecule has 1 aliphatic rings. The molecule has 2 aromatic rings. The van der Waals surface area contributed by atoms with Gasteiger partial charge in [0.2, 0.25) is 0 Å². The zero-order valence-corrected chi connectivity index (χ0v) is 12.9.